The quantitative estimate of drug-likeness (QED) is 0.292. The van der Waals surface area contributed by atoms with E-state index in [0.717, 1.165) is 0 Å². The fraction of sp³-hybridized carbons (Fsp3) is 1.00. The van der Waals surface area contributed by atoms with Crippen LogP contribution in [0.1, 0.15) is 79.1 Å². The zero-order valence-electron chi connectivity index (χ0n) is 13.9. The van der Waals surface area contributed by atoms with E-state index in [2.05, 4.69) is 27.7 Å². The van der Waals surface area contributed by atoms with Crippen molar-refractivity contribution < 1.29 is 0 Å². The molecular formula is C16H36Mg2. The average molecular weight is 277 g/mol. The Hall–Kier alpha value is 1.53. The Kier molecular flexibility index (Phi) is 28.6. The van der Waals surface area contributed by atoms with Crippen LogP contribution in [0.3, 0.4) is 0 Å². The molecule has 0 radical (unpaired) electrons. The third-order valence-corrected chi connectivity index (χ3v) is 7.41. The van der Waals surface area contributed by atoms with Crippen LogP contribution in [0.25, 0.3) is 0 Å². The van der Waals surface area contributed by atoms with E-state index in [-0.39, 0.29) is 0 Å². The average Bonchev–Trinajstić information content (AvgIpc) is 2.39. The van der Waals surface area contributed by atoms with Gasteiger partial charge in [0, 0.05) is 0 Å². The minimum atomic E-state index is 0.389. The number of hydrogen-bond donors (Lipinski definition) is 0. The summed E-state index contributed by atoms with van der Waals surface area (Å²) in [6, 6.07) is 0. The lowest BCUT2D eigenvalue weighted by atomic mass is 10.4. The molecule has 0 aromatic rings. The predicted octanol–water partition coefficient (Wildman–Crippen LogP) is 6.25. The van der Waals surface area contributed by atoms with Gasteiger partial charge in [-0.1, -0.05) is 79.1 Å². The maximum Gasteiger partial charge on any atom is 0.364 e. The highest BCUT2D eigenvalue weighted by Gasteiger charge is 1.92. The van der Waals surface area contributed by atoms with Crippen molar-refractivity contribution in [3.05, 3.63) is 0 Å². The van der Waals surface area contributed by atoms with E-state index in [1.165, 1.54) is 51.4 Å². The van der Waals surface area contributed by atoms with E-state index in [1.54, 1.807) is 18.2 Å². The zero-order chi connectivity index (χ0) is 13.9. The Labute approximate surface area is 137 Å². The fourth-order valence-electron chi connectivity index (χ4n) is 2.06. The van der Waals surface area contributed by atoms with Gasteiger partial charge in [-0.05, 0) is 0 Å². The molecule has 0 heterocycles. The van der Waals surface area contributed by atoms with Gasteiger partial charge in [0.15, 0.2) is 0 Å². The van der Waals surface area contributed by atoms with Crippen molar-refractivity contribution in [3.8, 4) is 0 Å². The van der Waals surface area contributed by atoms with Crippen LogP contribution >= 0.6 is 0 Å². The molecule has 0 unspecified atom stereocenters. The number of hydrogen-bond acceptors (Lipinski definition) is 0. The van der Waals surface area contributed by atoms with Crippen LogP contribution in [-0.4, -0.2) is 40.7 Å². The number of unbranched alkanes of at least 4 members (excludes halogenated alkanes) is 4. The molecule has 0 amide bonds. The van der Waals surface area contributed by atoms with Gasteiger partial charge in [-0.25, -0.2) is 0 Å². The molecule has 18 heavy (non-hydrogen) atoms. The van der Waals surface area contributed by atoms with E-state index in [0.29, 0.717) is 40.7 Å². The Balaban J connectivity index is 0. The van der Waals surface area contributed by atoms with Gasteiger partial charge in [-0.3, -0.25) is 0 Å². The number of rotatable bonds is 12. The SMILES string of the molecule is CCC[CH2][Mg][CH2]CCC.CCC[CH2][Mg][CH2]CCC. The molecule has 0 aliphatic heterocycles. The van der Waals surface area contributed by atoms with Crippen LogP contribution in [0.4, 0.5) is 0 Å². The summed E-state index contributed by atoms with van der Waals surface area (Å²) in [6.45, 7) is 9.14. The van der Waals surface area contributed by atoms with Gasteiger partial charge < -0.3 is 0 Å². The van der Waals surface area contributed by atoms with Crippen LogP contribution in [0.5, 0.6) is 0 Å². The van der Waals surface area contributed by atoms with Crippen molar-refractivity contribution in [1.29, 1.82) is 0 Å². The van der Waals surface area contributed by atoms with Crippen molar-refractivity contribution in [3.63, 3.8) is 0 Å². The summed E-state index contributed by atoms with van der Waals surface area (Å²) in [5.74, 6) is 0. The van der Waals surface area contributed by atoms with Gasteiger partial charge >= 0.3 is 40.7 Å². The van der Waals surface area contributed by atoms with E-state index in [1.807, 2.05) is 0 Å². The monoisotopic (exact) mass is 276 g/mol. The van der Waals surface area contributed by atoms with E-state index < -0.39 is 0 Å². The Morgan fingerprint density at radius 2 is 0.667 bits per heavy atom. The molecular weight excluding hydrogens is 241 g/mol. The van der Waals surface area contributed by atoms with E-state index in [4.69, 9.17) is 0 Å². The van der Waals surface area contributed by atoms with Gasteiger partial charge in [0.05, 0.1) is 0 Å². The van der Waals surface area contributed by atoms with Gasteiger partial charge in [0.2, 0.25) is 0 Å². The first-order valence-electron chi connectivity index (χ1n) is 8.83. The summed E-state index contributed by atoms with van der Waals surface area (Å²) in [5, 5.41) is 0. The highest BCUT2D eigenvalue weighted by molar-refractivity contribution is 6.35. The predicted molar refractivity (Wildman–Crippen MR) is 90.4 cm³/mol. The van der Waals surface area contributed by atoms with Gasteiger partial charge in [-0.2, -0.15) is 0 Å². The first-order chi connectivity index (χ1) is 8.83. The fourth-order valence-corrected chi connectivity index (χ4v) is 6.18. The molecule has 0 aliphatic carbocycles. The summed E-state index contributed by atoms with van der Waals surface area (Å²) in [6.07, 6.45) is 11.6. The first-order valence-corrected chi connectivity index (χ1v) is 12.8. The lowest BCUT2D eigenvalue weighted by Gasteiger charge is -1.93. The summed E-state index contributed by atoms with van der Waals surface area (Å²) < 4.78 is 6.38. The summed E-state index contributed by atoms with van der Waals surface area (Å²) >= 11 is 0.779. The van der Waals surface area contributed by atoms with Crippen LogP contribution < -0.4 is 0 Å². The molecule has 0 bridgehead atoms. The molecule has 2 heteroatoms. The molecule has 0 aliphatic rings. The molecule has 0 aromatic heterocycles. The summed E-state index contributed by atoms with van der Waals surface area (Å²) in [4.78, 5) is 0. The minimum absolute atomic E-state index is 0.389. The van der Waals surface area contributed by atoms with E-state index in [9.17, 15) is 0 Å². The van der Waals surface area contributed by atoms with E-state index >= 15 is 0 Å². The Bertz CT molecular complexity index is 89.7. The topological polar surface area (TPSA) is 0 Å². The first kappa shape index (κ1) is 21.8. The lowest BCUT2D eigenvalue weighted by molar-refractivity contribution is 0.851. The summed E-state index contributed by atoms with van der Waals surface area (Å²) in [7, 11) is 0. The molecule has 104 valence electrons. The largest absolute Gasteiger partial charge is 0.364 e. The van der Waals surface area contributed by atoms with Crippen molar-refractivity contribution in [1.82, 2.24) is 0 Å². The molecule has 0 nitrogen and oxygen atoms in total. The second-order valence-electron chi connectivity index (χ2n) is 5.54. The molecule has 0 saturated carbocycles. The summed E-state index contributed by atoms with van der Waals surface area (Å²) in [5.41, 5.74) is 0. The maximum absolute atomic E-state index is 2.29. The van der Waals surface area contributed by atoms with Crippen LogP contribution in [0, 0.1) is 0 Å². The molecule has 0 spiro atoms. The smallest absolute Gasteiger partial charge is 0.146 e. The highest BCUT2D eigenvalue weighted by atomic mass is 24.5. The lowest BCUT2D eigenvalue weighted by Crippen LogP contribution is -1.87. The van der Waals surface area contributed by atoms with Crippen molar-refractivity contribution in [2.75, 3.05) is 0 Å². The maximum atomic E-state index is 2.29. The molecule has 0 saturated heterocycles. The van der Waals surface area contributed by atoms with Gasteiger partial charge in [0.25, 0.3) is 0 Å². The molecule has 0 fully saturated rings. The van der Waals surface area contributed by atoms with Crippen LogP contribution in [0.15, 0.2) is 0 Å². The normalized spacial score (nSPS) is 9.11. The molecule has 0 N–H and O–H groups in total. The molecule has 0 aromatic carbocycles. The van der Waals surface area contributed by atoms with Crippen molar-refractivity contribution in [2.24, 2.45) is 0 Å². The second-order valence-corrected chi connectivity index (χ2v) is 9.78. The standard InChI is InChI=1S/4C4H9.2Mg/c4*1-3-4-2;;/h4*1,3-4H2,2H3;;. The zero-order valence-corrected chi connectivity index (χ0v) is 16.7. The van der Waals surface area contributed by atoms with Crippen LogP contribution in [0.2, 0.25) is 18.2 Å². The van der Waals surface area contributed by atoms with Gasteiger partial charge in [-0.15, -0.1) is 18.2 Å². The Morgan fingerprint density at radius 1 is 0.444 bits per heavy atom. The third-order valence-electron chi connectivity index (χ3n) is 3.41. The van der Waals surface area contributed by atoms with Gasteiger partial charge in [0.1, 0.15) is 0 Å². The molecule has 0 atom stereocenters. The highest BCUT2D eigenvalue weighted by Crippen LogP contribution is 2.00. The van der Waals surface area contributed by atoms with Crippen LogP contribution in [-0.2, 0) is 0 Å². The van der Waals surface area contributed by atoms with Crippen molar-refractivity contribution >= 4 is 40.7 Å². The minimum Gasteiger partial charge on any atom is -0.146 e. The second kappa shape index (κ2) is 23.6. The molecule has 0 rings (SSSR count). The third kappa shape index (κ3) is 26.2. The Morgan fingerprint density at radius 3 is 0.833 bits per heavy atom. The van der Waals surface area contributed by atoms with Crippen molar-refractivity contribution in [2.45, 2.75) is 97.3 Å².